The first-order valence-corrected chi connectivity index (χ1v) is 27.4. The second-order valence-corrected chi connectivity index (χ2v) is 23.0. The van der Waals surface area contributed by atoms with Crippen molar-refractivity contribution in [2.75, 3.05) is 75.3 Å². The zero-order valence-corrected chi connectivity index (χ0v) is 41.6. The number of piperazine rings is 1. The van der Waals surface area contributed by atoms with E-state index in [4.69, 9.17) is 5.73 Å². The summed E-state index contributed by atoms with van der Waals surface area (Å²) in [6.45, 7) is 15.4. The van der Waals surface area contributed by atoms with Crippen LogP contribution in [0.15, 0.2) is 118 Å². The Kier molecular flexibility index (Phi) is 18.1. The molecule has 1 spiro atoms. The molecule has 3 saturated heterocycles. The fraction of sp³-hybridized carbons (Fsp3) is 0.519. The van der Waals surface area contributed by atoms with E-state index in [1.54, 1.807) is 12.1 Å². The van der Waals surface area contributed by atoms with Gasteiger partial charge >= 0.3 is 5.51 Å². The number of sulfone groups is 1. The number of halogens is 3. The highest BCUT2D eigenvalue weighted by atomic mass is 32.2. The lowest BCUT2D eigenvalue weighted by Crippen LogP contribution is -2.54. The highest BCUT2D eigenvalue weighted by molar-refractivity contribution is 7.99. The molecule has 5 fully saturated rings. The molecular formula is C52H69F3N6O3S3. The largest absolute Gasteiger partial charge is 0.501 e. The van der Waals surface area contributed by atoms with Gasteiger partial charge in [0.1, 0.15) is 4.90 Å². The van der Waals surface area contributed by atoms with Crippen LogP contribution in [0, 0.1) is 5.41 Å². The van der Waals surface area contributed by atoms with Crippen LogP contribution in [0.5, 0.6) is 0 Å². The minimum Gasteiger partial charge on any atom is -0.398 e. The molecule has 3 N–H and O–H groups in total. The standard InChI is InChI=1S/C26H31F3N4O3S2.C17H28N2S.C9H10/c27-26(28,29)38(35,36)23-15-21(7-8-22(23)30)37-31-24(34)18-3-5-19(6-4-18)33-13-9-25(10-14-33)16-20(17-25)32-11-1-2-12-32;1-16(2)19-13-11-18(12-14-19)10-6-7-15-20-17-8-4-3-5-9-17;1-2-4-8(5-3-1)9-6-7-9/h3-8,15,20H,1-2,9-14,16-17,30H2,(H,31,34);3-5,8-9,16H,6-7,10-15H2,1-2H3;1-5,9H,6-7H2. The molecule has 0 aromatic heterocycles. The number of likely N-dealkylation sites (tertiary alicyclic amines) is 1. The monoisotopic (exact) mass is 978 g/mol. The van der Waals surface area contributed by atoms with E-state index in [1.807, 2.05) is 23.9 Å². The second kappa shape index (κ2) is 23.7. The van der Waals surface area contributed by atoms with Gasteiger partial charge in [0.25, 0.3) is 15.7 Å². The van der Waals surface area contributed by atoms with Crippen LogP contribution in [0.4, 0.5) is 24.5 Å². The van der Waals surface area contributed by atoms with Crippen molar-refractivity contribution in [3.05, 3.63) is 114 Å². The fourth-order valence-electron chi connectivity index (χ4n) is 9.67. The Labute approximate surface area is 405 Å². The van der Waals surface area contributed by atoms with Crippen LogP contribution in [-0.2, 0) is 9.84 Å². The number of nitrogens with two attached hydrogens (primary N) is 1. The summed E-state index contributed by atoms with van der Waals surface area (Å²) >= 11 is 2.71. The Morgan fingerprint density at radius 3 is 2.01 bits per heavy atom. The molecule has 0 unspecified atom stereocenters. The van der Waals surface area contributed by atoms with Crippen LogP contribution >= 0.6 is 23.7 Å². The van der Waals surface area contributed by atoms with Crippen LogP contribution in [0.2, 0.25) is 0 Å². The maximum atomic E-state index is 12.9. The van der Waals surface area contributed by atoms with Gasteiger partial charge < -0.3 is 20.4 Å². The summed E-state index contributed by atoms with van der Waals surface area (Å²) in [5.41, 5.74) is 2.94. The number of hydrogen-bond acceptors (Lipinski definition) is 10. The van der Waals surface area contributed by atoms with Crippen molar-refractivity contribution in [1.82, 2.24) is 19.4 Å². The lowest BCUT2D eigenvalue weighted by Gasteiger charge is -2.55. The van der Waals surface area contributed by atoms with Gasteiger partial charge in [-0.3, -0.25) is 14.4 Å². The van der Waals surface area contributed by atoms with Gasteiger partial charge in [-0.05, 0) is 187 Å². The number of piperidine rings is 1. The first kappa shape index (κ1) is 51.1. The fourth-order valence-corrected chi connectivity index (χ4v) is 12.2. The predicted molar refractivity (Wildman–Crippen MR) is 270 cm³/mol. The molecule has 15 heteroatoms. The van der Waals surface area contributed by atoms with Gasteiger partial charge in [-0.2, -0.15) is 13.2 Å². The third kappa shape index (κ3) is 14.4. The molecule has 3 heterocycles. The SMILES string of the molecule is CC(C)N1CCN(CCCCSc2ccccc2)CC1.Nc1ccc(SNC(=O)c2ccc(N3CCC4(CC3)CC(N3CCCC3)C4)cc2)cc1S(=O)(=O)C(F)(F)F.c1ccc(C2CC2)cc1. The van der Waals surface area contributed by atoms with Crippen LogP contribution < -0.4 is 15.4 Å². The van der Waals surface area contributed by atoms with Gasteiger partial charge in [-0.15, -0.1) is 11.8 Å². The molecule has 9 rings (SSSR count). The molecule has 0 radical (unpaired) electrons. The van der Waals surface area contributed by atoms with E-state index in [1.165, 1.54) is 132 Å². The molecule has 3 aliphatic heterocycles. The third-order valence-electron chi connectivity index (χ3n) is 14.0. The number of carbonyl (C=O) groups is 1. The quantitative estimate of drug-likeness (QED) is 0.0550. The number of anilines is 2. The highest BCUT2D eigenvalue weighted by Crippen LogP contribution is 2.52. The number of unbranched alkanes of at least 4 members (excludes halogenated alkanes) is 1. The first-order chi connectivity index (χ1) is 32.2. The van der Waals surface area contributed by atoms with Crippen molar-refractivity contribution in [1.29, 1.82) is 0 Å². The number of thioether (sulfide) groups is 1. The summed E-state index contributed by atoms with van der Waals surface area (Å²) in [4.78, 5) is 23.3. The zero-order valence-electron chi connectivity index (χ0n) is 39.1. The average Bonchev–Trinajstić information content (AvgIpc) is 4.04. The van der Waals surface area contributed by atoms with E-state index in [-0.39, 0.29) is 4.90 Å². The lowest BCUT2D eigenvalue weighted by atomic mass is 9.60. The van der Waals surface area contributed by atoms with E-state index >= 15 is 0 Å². The number of amides is 1. The molecule has 4 aromatic rings. The molecule has 0 atom stereocenters. The van der Waals surface area contributed by atoms with Crippen LogP contribution in [0.25, 0.3) is 0 Å². The number of hydrogen-bond donors (Lipinski definition) is 2. The number of carbonyl (C=O) groups excluding carboxylic acids is 1. The number of rotatable bonds is 14. The summed E-state index contributed by atoms with van der Waals surface area (Å²) in [5.74, 6) is 1.71. The van der Waals surface area contributed by atoms with Crippen molar-refractivity contribution in [3.63, 3.8) is 0 Å². The van der Waals surface area contributed by atoms with Crippen molar-refractivity contribution in [2.45, 2.75) is 116 Å². The number of nitrogens with one attached hydrogen (secondary N) is 1. The van der Waals surface area contributed by atoms with Gasteiger partial charge in [0.2, 0.25) is 0 Å². The number of nitrogens with zero attached hydrogens (tertiary/aromatic N) is 4. The molecule has 4 aromatic carbocycles. The van der Waals surface area contributed by atoms with E-state index in [2.05, 4.69) is 98.8 Å². The lowest BCUT2D eigenvalue weighted by molar-refractivity contribution is -0.0435. The van der Waals surface area contributed by atoms with Crippen LogP contribution in [-0.4, -0.2) is 111 Å². The molecule has 67 heavy (non-hydrogen) atoms. The Morgan fingerprint density at radius 2 is 1.42 bits per heavy atom. The normalized spacial score (nSPS) is 19.3. The van der Waals surface area contributed by atoms with Gasteiger partial charge in [-0.25, -0.2) is 8.42 Å². The molecule has 364 valence electrons. The number of nitrogen functional groups attached to an aromatic ring is 1. The van der Waals surface area contributed by atoms with Gasteiger partial charge in [0.05, 0.1) is 5.69 Å². The van der Waals surface area contributed by atoms with E-state index in [0.717, 1.165) is 54.8 Å². The molecule has 2 saturated carbocycles. The van der Waals surface area contributed by atoms with Gasteiger partial charge in [-0.1, -0.05) is 48.5 Å². The summed E-state index contributed by atoms with van der Waals surface area (Å²) in [7, 11) is -5.61. The average molecular weight is 979 g/mol. The molecular weight excluding hydrogens is 910 g/mol. The third-order valence-corrected chi connectivity index (χ3v) is 17.4. The molecule has 1 amide bonds. The number of benzene rings is 4. The van der Waals surface area contributed by atoms with Crippen molar-refractivity contribution >= 4 is 50.8 Å². The smallest absolute Gasteiger partial charge is 0.398 e. The van der Waals surface area contributed by atoms with Crippen molar-refractivity contribution in [2.24, 2.45) is 5.41 Å². The highest BCUT2D eigenvalue weighted by Gasteiger charge is 2.49. The summed E-state index contributed by atoms with van der Waals surface area (Å²) in [6.07, 6.45) is 13.1. The van der Waals surface area contributed by atoms with Crippen LogP contribution in [0.1, 0.15) is 99.9 Å². The Hall–Kier alpha value is -3.73. The molecule has 2 aliphatic carbocycles. The summed E-state index contributed by atoms with van der Waals surface area (Å²) < 4.78 is 64.9. The Bertz CT molecular complexity index is 2250. The minimum atomic E-state index is -5.61. The van der Waals surface area contributed by atoms with Crippen LogP contribution in [0.3, 0.4) is 0 Å². The maximum Gasteiger partial charge on any atom is 0.501 e. The van der Waals surface area contributed by atoms with Crippen molar-refractivity contribution in [3.8, 4) is 0 Å². The van der Waals surface area contributed by atoms with E-state index in [9.17, 15) is 26.4 Å². The first-order valence-electron chi connectivity index (χ1n) is 24.2. The molecule has 0 bridgehead atoms. The summed E-state index contributed by atoms with van der Waals surface area (Å²) in [6, 6.07) is 33.4. The maximum absolute atomic E-state index is 12.9. The molecule has 5 aliphatic rings. The van der Waals surface area contributed by atoms with E-state index in [0.29, 0.717) is 17.0 Å². The second-order valence-electron chi connectivity index (χ2n) is 19.0. The zero-order chi connectivity index (χ0) is 47.4. The number of alkyl halides is 3. The van der Waals surface area contributed by atoms with Gasteiger partial charge in [0.15, 0.2) is 0 Å². The van der Waals surface area contributed by atoms with Gasteiger partial charge in [0, 0.05) is 72.4 Å². The topological polar surface area (TPSA) is 102 Å². The minimum absolute atomic E-state index is 0.109. The summed E-state index contributed by atoms with van der Waals surface area (Å²) in [5, 5.41) is 0. The van der Waals surface area contributed by atoms with E-state index < -0.39 is 31.8 Å². The predicted octanol–water partition coefficient (Wildman–Crippen LogP) is 11.0. The van der Waals surface area contributed by atoms with Crippen molar-refractivity contribution < 1.29 is 26.4 Å². The Morgan fingerprint density at radius 1 is 0.791 bits per heavy atom. The Balaban J connectivity index is 0.000000189. The molecule has 9 nitrogen and oxygen atoms in total.